The molecule has 9 heteroatoms. The third kappa shape index (κ3) is 3.91. The first-order valence-corrected chi connectivity index (χ1v) is 6.86. The highest BCUT2D eigenvalue weighted by molar-refractivity contribution is 5.88. The molecule has 1 aliphatic rings. The molecular formula is C12H20N6O3. The van der Waals surface area contributed by atoms with Crippen molar-refractivity contribution in [2.75, 3.05) is 26.2 Å². The van der Waals surface area contributed by atoms with Crippen molar-refractivity contribution in [3.05, 3.63) is 11.7 Å². The van der Waals surface area contributed by atoms with Crippen LogP contribution in [-0.4, -0.2) is 64.1 Å². The second-order valence-corrected chi connectivity index (χ2v) is 5.15. The predicted molar refractivity (Wildman–Crippen MR) is 73.3 cm³/mol. The smallest absolute Gasteiger partial charge is 0.317 e. The van der Waals surface area contributed by atoms with Gasteiger partial charge in [-0.1, -0.05) is 5.16 Å². The second kappa shape index (κ2) is 6.53. The van der Waals surface area contributed by atoms with E-state index in [0.717, 1.165) is 13.1 Å². The van der Waals surface area contributed by atoms with Crippen molar-refractivity contribution >= 4 is 11.9 Å². The number of urea groups is 1. The molecule has 0 bridgehead atoms. The second-order valence-electron chi connectivity index (χ2n) is 5.15. The number of hydrogen-bond donors (Lipinski definition) is 2. The number of hydrogen-bond acceptors (Lipinski definition) is 6. The molecule has 1 fully saturated rings. The lowest BCUT2D eigenvalue weighted by Crippen LogP contribution is -2.53. The van der Waals surface area contributed by atoms with Gasteiger partial charge < -0.3 is 20.5 Å². The Bertz CT molecular complexity index is 507. The summed E-state index contributed by atoms with van der Waals surface area (Å²) in [5.74, 6) is -0.802. The fourth-order valence-corrected chi connectivity index (χ4v) is 2.13. The molecule has 0 saturated carbocycles. The molecule has 21 heavy (non-hydrogen) atoms. The van der Waals surface area contributed by atoms with Gasteiger partial charge in [0.15, 0.2) is 0 Å². The van der Waals surface area contributed by atoms with Crippen LogP contribution >= 0.6 is 0 Å². The monoisotopic (exact) mass is 296 g/mol. The van der Waals surface area contributed by atoms with E-state index in [0.29, 0.717) is 19.1 Å². The van der Waals surface area contributed by atoms with Crippen molar-refractivity contribution in [3.63, 3.8) is 0 Å². The maximum absolute atomic E-state index is 12.0. The summed E-state index contributed by atoms with van der Waals surface area (Å²) in [5, 5.41) is 6.09. The van der Waals surface area contributed by atoms with Crippen LogP contribution in [-0.2, 0) is 6.54 Å². The van der Waals surface area contributed by atoms with Gasteiger partial charge in [-0.15, -0.1) is 0 Å². The Kier molecular flexibility index (Phi) is 4.73. The van der Waals surface area contributed by atoms with Gasteiger partial charge in [-0.2, -0.15) is 4.98 Å². The van der Waals surface area contributed by atoms with Crippen LogP contribution in [0.4, 0.5) is 4.79 Å². The molecule has 0 atom stereocenters. The largest absolute Gasteiger partial charge is 0.363 e. The maximum Gasteiger partial charge on any atom is 0.317 e. The molecule has 0 aromatic carbocycles. The van der Waals surface area contributed by atoms with E-state index in [1.807, 2.05) is 0 Å². The third-order valence-electron chi connectivity index (χ3n) is 3.41. The Morgan fingerprint density at radius 3 is 2.52 bits per heavy atom. The minimum Gasteiger partial charge on any atom is -0.363 e. The van der Waals surface area contributed by atoms with E-state index >= 15 is 0 Å². The predicted octanol–water partition coefficient (Wildman–Crippen LogP) is -0.596. The van der Waals surface area contributed by atoms with Crippen LogP contribution in [0.15, 0.2) is 4.52 Å². The zero-order valence-electron chi connectivity index (χ0n) is 12.2. The van der Waals surface area contributed by atoms with Gasteiger partial charge in [0, 0.05) is 32.2 Å². The molecule has 1 aliphatic heterocycles. The van der Waals surface area contributed by atoms with E-state index in [2.05, 4.69) is 34.2 Å². The Labute approximate surface area is 122 Å². The average molecular weight is 296 g/mol. The Morgan fingerprint density at radius 2 is 2.00 bits per heavy atom. The first kappa shape index (κ1) is 15.2. The Balaban J connectivity index is 1.78. The van der Waals surface area contributed by atoms with Gasteiger partial charge in [0.2, 0.25) is 5.89 Å². The van der Waals surface area contributed by atoms with Gasteiger partial charge in [-0.05, 0) is 13.8 Å². The summed E-state index contributed by atoms with van der Waals surface area (Å²) in [6, 6.07) is 0.304. The number of amides is 3. The van der Waals surface area contributed by atoms with Crippen molar-refractivity contribution in [1.82, 2.24) is 25.3 Å². The number of nitrogens with one attached hydrogen (secondary N) is 1. The van der Waals surface area contributed by atoms with Crippen LogP contribution in [0.3, 0.4) is 0 Å². The summed E-state index contributed by atoms with van der Waals surface area (Å²) < 4.78 is 4.81. The van der Waals surface area contributed by atoms with Gasteiger partial charge in [-0.25, -0.2) is 4.79 Å². The van der Waals surface area contributed by atoms with E-state index in [4.69, 9.17) is 10.3 Å². The molecule has 3 N–H and O–H groups in total. The number of carbonyl (C=O) groups excluding carboxylic acids is 2. The molecule has 1 saturated heterocycles. The molecule has 0 aliphatic carbocycles. The number of primary amides is 1. The van der Waals surface area contributed by atoms with Crippen molar-refractivity contribution in [1.29, 1.82) is 0 Å². The van der Waals surface area contributed by atoms with Crippen molar-refractivity contribution in [3.8, 4) is 0 Å². The zero-order valence-corrected chi connectivity index (χ0v) is 12.2. The highest BCUT2D eigenvalue weighted by atomic mass is 16.5. The van der Waals surface area contributed by atoms with Crippen molar-refractivity contribution < 1.29 is 14.1 Å². The Hall–Kier alpha value is -2.16. The van der Waals surface area contributed by atoms with Crippen molar-refractivity contribution in [2.45, 2.75) is 26.4 Å². The number of piperazine rings is 1. The molecule has 2 rings (SSSR count). The van der Waals surface area contributed by atoms with Crippen LogP contribution < -0.4 is 11.1 Å². The average Bonchev–Trinajstić information content (AvgIpc) is 2.94. The lowest BCUT2D eigenvalue weighted by molar-refractivity contribution is 0.0987. The lowest BCUT2D eigenvalue weighted by Gasteiger charge is -2.36. The maximum atomic E-state index is 12.0. The van der Waals surface area contributed by atoms with Crippen LogP contribution in [0.2, 0.25) is 0 Å². The summed E-state index contributed by atoms with van der Waals surface area (Å²) in [6.07, 6.45) is 0. The van der Waals surface area contributed by atoms with Crippen LogP contribution in [0, 0.1) is 0 Å². The van der Waals surface area contributed by atoms with Crippen molar-refractivity contribution in [2.24, 2.45) is 5.73 Å². The normalized spacial score (nSPS) is 16.2. The SMILES string of the molecule is CC(C)N1CCN(C(=O)NCc2nc(C(N)=O)no2)CC1. The number of nitrogens with two attached hydrogens (primary N) is 1. The number of rotatable bonds is 4. The fourth-order valence-electron chi connectivity index (χ4n) is 2.13. The number of aromatic nitrogens is 2. The lowest BCUT2D eigenvalue weighted by atomic mass is 10.2. The minimum absolute atomic E-state index is 0.0729. The fraction of sp³-hybridized carbons (Fsp3) is 0.667. The van der Waals surface area contributed by atoms with E-state index < -0.39 is 5.91 Å². The quantitative estimate of drug-likeness (QED) is 0.766. The zero-order chi connectivity index (χ0) is 15.4. The summed E-state index contributed by atoms with van der Waals surface area (Å²) in [6.45, 7) is 7.43. The van der Waals surface area contributed by atoms with E-state index in [9.17, 15) is 9.59 Å². The third-order valence-corrected chi connectivity index (χ3v) is 3.41. The minimum atomic E-state index is -0.763. The standard InChI is InChI=1S/C12H20N6O3/c1-8(2)17-3-5-18(6-4-17)12(20)14-7-9-15-11(10(13)19)16-21-9/h8H,3-7H2,1-2H3,(H2,13,19)(H,14,20). The summed E-state index contributed by atoms with van der Waals surface area (Å²) in [7, 11) is 0. The van der Waals surface area contributed by atoms with Gasteiger partial charge in [0.1, 0.15) is 0 Å². The molecule has 2 heterocycles. The number of carbonyl (C=O) groups is 2. The molecule has 1 aromatic rings. The molecular weight excluding hydrogens is 276 g/mol. The molecule has 0 radical (unpaired) electrons. The molecule has 0 unspecified atom stereocenters. The van der Waals surface area contributed by atoms with E-state index in [-0.39, 0.29) is 24.3 Å². The topological polar surface area (TPSA) is 118 Å². The highest BCUT2D eigenvalue weighted by Crippen LogP contribution is 2.06. The summed E-state index contributed by atoms with van der Waals surface area (Å²) in [5.41, 5.74) is 5.01. The first-order chi connectivity index (χ1) is 9.97. The molecule has 3 amide bonds. The molecule has 0 spiro atoms. The summed E-state index contributed by atoms with van der Waals surface area (Å²) in [4.78, 5) is 30.7. The van der Waals surface area contributed by atoms with E-state index in [1.54, 1.807) is 4.90 Å². The van der Waals surface area contributed by atoms with Crippen LogP contribution in [0.25, 0.3) is 0 Å². The first-order valence-electron chi connectivity index (χ1n) is 6.86. The van der Waals surface area contributed by atoms with Gasteiger partial charge in [-0.3, -0.25) is 9.69 Å². The highest BCUT2D eigenvalue weighted by Gasteiger charge is 2.22. The van der Waals surface area contributed by atoms with E-state index in [1.165, 1.54) is 0 Å². The van der Waals surface area contributed by atoms with Crippen LogP contribution in [0.1, 0.15) is 30.4 Å². The Morgan fingerprint density at radius 1 is 1.33 bits per heavy atom. The molecule has 116 valence electrons. The molecule has 1 aromatic heterocycles. The summed E-state index contributed by atoms with van der Waals surface area (Å²) >= 11 is 0. The van der Waals surface area contributed by atoms with Gasteiger partial charge >= 0.3 is 6.03 Å². The number of nitrogens with zero attached hydrogens (tertiary/aromatic N) is 4. The van der Waals surface area contributed by atoms with Gasteiger partial charge in [0.25, 0.3) is 11.7 Å². The van der Waals surface area contributed by atoms with Gasteiger partial charge in [0.05, 0.1) is 6.54 Å². The molecule has 9 nitrogen and oxygen atoms in total. The van der Waals surface area contributed by atoms with Crippen LogP contribution in [0.5, 0.6) is 0 Å².